The third-order valence-electron chi connectivity index (χ3n) is 3.11. The first-order chi connectivity index (χ1) is 11.8. The highest BCUT2D eigenvalue weighted by Gasteiger charge is 2.14. The SMILES string of the molecule is C#CCNS(=O)(=O)c1ccc(C(=O)Nc2cccc([N+](=O)[O-])c2)cc1. The summed E-state index contributed by atoms with van der Waals surface area (Å²) in [7, 11) is -3.74. The predicted molar refractivity (Wildman–Crippen MR) is 91.5 cm³/mol. The van der Waals surface area contributed by atoms with Crippen molar-refractivity contribution in [2.24, 2.45) is 0 Å². The van der Waals surface area contributed by atoms with Gasteiger partial charge in [-0.05, 0) is 30.3 Å². The minimum absolute atomic E-state index is 0.0327. The summed E-state index contributed by atoms with van der Waals surface area (Å²) in [6, 6.07) is 10.7. The summed E-state index contributed by atoms with van der Waals surface area (Å²) >= 11 is 0. The molecule has 0 radical (unpaired) electrons. The fourth-order valence-corrected chi connectivity index (χ4v) is 2.84. The summed E-state index contributed by atoms with van der Waals surface area (Å²) in [4.78, 5) is 22.3. The van der Waals surface area contributed by atoms with E-state index in [0.29, 0.717) is 0 Å². The number of anilines is 1. The molecule has 0 spiro atoms. The van der Waals surface area contributed by atoms with Crippen molar-refractivity contribution < 1.29 is 18.1 Å². The second-order valence-electron chi connectivity index (χ2n) is 4.81. The van der Waals surface area contributed by atoms with Gasteiger partial charge in [0.25, 0.3) is 11.6 Å². The molecule has 0 fully saturated rings. The van der Waals surface area contributed by atoms with E-state index < -0.39 is 20.9 Å². The fourth-order valence-electron chi connectivity index (χ4n) is 1.91. The minimum Gasteiger partial charge on any atom is -0.322 e. The van der Waals surface area contributed by atoms with E-state index in [0.717, 1.165) is 0 Å². The molecule has 2 aromatic rings. The van der Waals surface area contributed by atoms with Gasteiger partial charge in [-0.15, -0.1) is 6.42 Å². The normalized spacial score (nSPS) is 10.7. The number of nitro groups is 1. The first-order valence-electron chi connectivity index (χ1n) is 6.92. The molecule has 0 atom stereocenters. The maximum Gasteiger partial charge on any atom is 0.271 e. The van der Waals surface area contributed by atoms with Crippen molar-refractivity contribution in [3.63, 3.8) is 0 Å². The number of hydrogen-bond donors (Lipinski definition) is 2. The molecule has 2 rings (SSSR count). The van der Waals surface area contributed by atoms with E-state index in [-0.39, 0.29) is 28.4 Å². The van der Waals surface area contributed by atoms with Crippen LogP contribution in [0.3, 0.4) is 0 Å². The second kappa shape index (κ2) is 7.57. The minimum atomic E-state index is -3.74. The van der Waals surface area contributed by atoms with Crippen LogP contribution in [0.4, 0.5) is 11.4 Å². The van der Waals surface area contributed by atoms with Crippen LogP contribution in [0.25, 0.3) is 0 Å². The highest BCUT2D eigenvalue weighted by molar-refractivity contribution is 7.89. The van der Waals surface area contributed by atoms with Crippen molar-refractivity contribution in [3.05, 3.63) is 64.2 Å². The second-order valence-corrected chi connectivity index (χ2v) is 6.58. The number of carbonyl (C=O) groups is 1. The summed E-state index contributed by atoms with van der Waals surface area (Å²) in [5.41, 5.74) is 0.299. The number of amides is 1. The number of benzene rings is 2. The molecule has 9 heteroatoms. The molecule has 8 nitrogen and oxygen atoms in total. The van der Waals surface area contributed by atoms with E-state index in [2.05, 4.69) is 16.0 Å². The Kier molecular flexibility index (Phi) is 5.49. The lowest BCUT2D eigenvalue weighted by Gasteiger charge is -2.07. The van der Waals surface area contributed by atoms with Gasteiger partial charge < -0.3 is 5.32 Å². The van der Waals surface area contributed by atoms with E-state index in [1.165, 1.54) is 48.5 Å². The van der Waals surface area contributed by atoms with Gasteiger partial charge in [-0.25, -0.2) is 8.42 Å². The maximum atomic E-state index is 12.2. The van der Waals surface area contributed by atoms with E-state index in [9.17, 15) is 23.3 Å². The molecule has 2 N–H and O–H groups in total. The van der Waals surface area contributed by atoms with Crippen LogP contribution in [0.2, 0.25) is 0 Å². The lowest BCUT2D eigenvalue weighted by Crippen LogP contribution is -2.24. The van der Waals surface area contributed by atoms with E-state index in [1.54, 1.807) is 0 Å². The Morgan fingerprint density at radius 3 is 2.48 bits per heavy atom. The number of rotatable bonds is 6. The molecule has 0 aromatic heterocycles. The van der Waals surface area contributed by atoms with Crippen LogP contribution in [0, 0.1) is 22.5 Å². The van der Waals surface area contributed by atoms with Crippen LogP contribution in [-0.2, 0) is 10.0 Å². The molecule has 0 aliphatic rings. The highest BCUT2D eigenvalue weighted by atomic mass is 32.2. The number of nitro benzene ring substituents is 1. The number of carbonyl (C=O) groups excluding carboxylic acids is 1. The predicted octanol–water partition coefficient (Wildman–Crippen LogP) is 1.76. The Bertz CT molecular complexity index is 946. The molecule has 0 unspecified atom stereocenters. The maximum absolute atomic E-state index is 12.2. The fraction of sp³-hybridized carbons (Fsp3) is 0.0625. The van der Waals surface area contributed by atoms with Gasteiger partial charge in [0, 0.05) is 23.4 Å². The van der Waals surface area contributed by atoms with Crippen molar-refractivity contribution in [1.29, 1.82) is 0 Å². The van der Waals surface area contributed by atoms with Gasteiger partial charge in [-0.3, -0.25) is 14.9 Å². The molecule has 1 amide bonds. The van der Waals surface area contributed by atoms with Gasteiger partial charge in [-0.2, -0.15) is 4.72 Å². The molecule has 0 saturated heterocycles. The lowest BCUT2D eigenvalue weighted by atomic mass is 10.2. The van der Waals surface area contributed by atoms with Gasteiger partial charge in [0.1, 0.15) is 0 Å². The van der Waals surface area contributed by atoms with E-state index >= 15 is 0 Å². The average molecular weight is 359 g/mol. The monoisotopic (exact) mass is 359 g/mol. The number of non-ortho nitro benzene ring substituents is 1. The summed E-state index contributed by atoms with van der Waals surface area (Å²) in [6.45, 7) is -0.142. The van der Waals surface area contributed by atoms with Gasteiger partial charge in [0.2, 0.25) is 10.0 Å². The van der Waals surface area contributed by atoms with Gasteiger partial charge >= 0.3 is 0 Å². The first-order valence-corrected chi connectivity index (χ1v) is 8.41. The summed E-state index contributed by atoms with van der Waals surface area (Å²) in [5, 5.41) is 13.2. The summed E-state index contributed by atoms with van der Waals surface area (Å²) in [5.74, 6) is 1.63. The third kappa shape index (κ3) is 4.63. The average Bonchev–Trinajstić information content (AvgIpc) is 2.60. The zero-order valence-corrected chi connectivity index (χ0v) is 13.6. The molecule has 0 aliphatic heterocycles. The van der Waals surface area contributed by atoms with Crippen LogP contribution in [0.15, 0.2) is 53.4 Å². The zero-order chi connectivity index (χ0) is 18.4. The Morgan fingerprint density at radius 1 is 1.20 bits per heavy atom. The molecule has 0 aliphatic carbocycles. The van der Waals surface area contributed by atoms with Crippen LogP contribution < -0.4 is 10.0 Å². The smallest absolute Gasteiger partial charge is 0.271 e. The molecule has 0 bridgehead atoms. The first kappa shape index (κ1) is 18.1. The summed E-state index contributed by atoms with van der Waals surface area (Å²) < 4.78 is 26.0. The van der Waals surface area contributed by atoms with Gasteiger partial charge in [-0.1, -0.05) is 12.0 Å². The standard InChI is InChI=1S/C16H13N3O5S/c1-2-10-17-25(23,24)15-8-6-12(7-9-15)16(20)18-13-4-3-5-14(11-13)19(21)22/h1,3-9,11,17H,10H2,(H,18,20). The topological polar surface area (TPSA) is 118 Å². The Morgan fingerprint density at radius 2 is 1.88 bits per heavy atom. The van der Waals surface area contributed by atoms with E-state index in [1.807, 2.05) is 0 Å². The molecule has 2 aromatic carbocycles. The summed E-state index contributed by atoms with van der Waals surface area (Å²) in [6.07, 6.45) is 5.01. The van der Waals surface area contributed by atoms with Crippen LogP contribution in [-0.4, -0.2) is 25.8 Å². The van der Waals surface area contributed by atoms with Crippen molar-refractivity contribution in [2.75, 3.05) is 11.9 Å². The number of terminal acetylenes is 1. The molecule has 25 heavy (non-hydrogen) atoms. The molecular formula is C16H13N3O5S. The molecular weight excluding hydrogens is 346 g/mol. The third-order valence-corrected chi connectivity index (χ3v) is 4.52. The molecule has 0 heterocycles. The van der Waals surface area contributed by atoms with Gasteiger partial charge in [0.15, 0.2) is 0 Å². The van der Waals surface area contributed by atoms with Crippen molar-refractivity contribution >= 4 is 27.3 Å². The molecule has 0 saturated carbocycles. The van der Waals surface area contributed by atoms with E-state index in [4.69, 9.17) is 6.42 Å². The lowest BCUT2D eigenvalue weighted by molar-refractivity contribution is -0.384. The van der Waals surface area contributed by atoms with Crippen LogP contribution in [0.1, 0.15) is 10.4 Å². The number of nitrogens with zero attached hydrogens (tertiary/aromatic N) is 1. The molecule has 128 valence electrons. The Labute approximate surface area is 144 Å². The largest absolute Gasteiger partial charge is 0.322 e. The van der Waals surface area contributed by atoms with Crippen molar-refractivity contribution in [1.82, 2.24) is 4.72 Å². The highest BCUT2D eigenvalue weighted by Crippen LogP contribution is 2.18. The number of sulfonamides is 1. The quantitative estimate of drug-likeness (QED) is 0.463. The number of nitrogens with one attached hydrogen (secondary N) is 2. The van der Waals surface area contributed by atoms with Crippen molar-refractivity contribution in [2.45, 2.75) is 4.90 Å². The number of hydrogen-bond acceptors (Lipinski definition) is 5. The van der Waals surface area contributed by atoms with Gasteiger partial charge in [0.05, 0.1) is 16.4 Å². The zero-order valence-electron chi connectivity index (χ0n) is 12.8. The van der Waals surface area contributed by atoms with Crippen LogP contribution in [0.5, 0.6) is 0 Å². The van der Waals surface area contributed by atoms with Crippen LogP contribution >= 0.6 is 0 Å². The Balaban J connectivity index is 2.14. The Hall–Kier alpha value is -3.22. The van der Waals surface area contributed by atoms with Crippen molar-refractivity contribution in [3.8, 4) is 12.3 Å².